The van der Waals surface area contributed by atoms with Crippen molar-refractivity contribution in [3.8, 4) is 0 Å². The second kappa shape index (κ2) is 9.18. The number of aryl methyl sites for hydroxylation is 1. The van der Waals surface area contributed by atoms with Gasteiger partial charge in [-0.05, 0) is 30.7 Å². The first-order valence-electron chi connectivity index (χ1n) is 10.9. The molecule has 0 radical (unpaired) electrons. The van der Waals surface area contributed by atoms with Gasteiger partial charge in [0, 0.05) is 30.8 Å². The van der Waals surface area contributed by atoms with Crippen molar-refractivity contribution in [2.24, 2.45) is 7.05 Å². The molecule has 0 atom stereocenters. The Kier molecular flexibility index (Phi) is 6.30. The van der Waals surface area contributed by atoms with Crippen LogP contribution in [0.25, 0.3) is 21.8 Å². The zero-order valence-corrected chi connectivity index (χ0v) is 19.7. The monoisotopic (exact) mass is 478 g/mol. The van der Waals surface area contributed by atoms with E-state index >= 15 is 0 Å². The summed E-state index contributed by atoms with van der Waals surface area (Å²) >= 11 is 0. The Morgan fingerprint density at radius 3 is 1.97 bits per heavy atom. The summed E-state index contributed by atoms with van der Waals surface area (Å²) in [5.41, 5.74) is 1.68. The second-order valence-corrected chi connectivity index (χ2v) is 9.82. The van der Waals surface area contributed by atoms with E-state index in [0.717, 1.165) is 27.5 Å². The zero-order chi connectivity index (χ0) is 24.5. The zero-order valence-electron chi connectivity index (χ0n) is 18.8. The molecule has 0 aliphatic carbocycles. The van der Waals surface area contributed by atoms with Gasteiger partial charge in [0.1, 0.15) is 7.05 Å². The first-order valence-corrected chi connectivity index (χ1v) is 12.3. The van der Waals surface area contributed by atoms with Gasteiger partial charge in [-0.15, -0.1) is 0 Å². The van der Waals surface area contributed by atoms with E-state index in [2.05, 4.69) is 0 Å². The Morgan fingerprint density at radius 1 is 0.941 bits per heavy atom. The van der Waals surface area contributed by atoms with Crippen LogP contribution in [-0.2, 0) is 17.1 Å². The summed E-state index contributed by atoms with van der Waals surface area (Å²) in [5.74, 6) is -0.625. The van der Waals surface area contributed by atoms with Gasteiger partial charge in [0.2, 0.25) is 11.0 Å². The number of non-ortho nitro benzene ring substituents is 1. The number of sulfonamides is 1. The number of para-hydroxylation sites is 2. The Labute approximate surface area is 197 Å². The summed E-state index contributed by atoms with van der Waals surface area (Å²) in [6.45, 7) is 1.91. The third kappa shape index (κ3) is 3.99. The number of carbonyl (C=O) groups excluding carboxylic acids is 1. The molecule has 174 valence electrons. The average molecular weight is 479 g/mol. The van der Waals surface area contributed by atoms with Crippen molar-refractivity contribution in [1.29, 1.82) is 0 Å². The van der Waals surface area contributed by atoms with E-state index in [-0.39, 0.29) is 17.1 Å². The topological polar surface area (TPSA) is 101 Å². The maximum absolute atomic E-state index is 14.0. The lowest BCUT2D eigenvalue weighted by atomic mass is 10.0. The van der Waals surface area contributed by atoms with Gasteiger partial charge >= 0.3 is 0 Å². The summed E-state index contributed by atoms with van der Waals surface area (Å²) < 4.78 is 30.1. The molecule has 1 heterocycles. The third-order valence-corrected chi connectivity index (χ3v) is 7.66. The molecule has 3 aromatic carbocycles. The van der Waals surface area contributed by atoms with Crippen molar-refractivity contribution in [2.45, 2.75) is 24.7 Å². The molecule has 0 saturated heterocycles. The maximum atomic E-state index is 14.0. The summed E-state index contributed by atoms with van der Waals surface area (Å²) in [4.78, 5) is 24.2. The molecule has 1 amide bonds. The molecule has 0 unspecified atom stereocenters. The van der Waals surface area contributed by atoms with Crippen LogP contribution in [0.1, 0.15) is 30.1 Å². The van der Waals surface area contributed by atoms with Gasteiger partial charge in [0.25, 0.3) is 21.6 Å². The highest BCUT2D eigenvalue weighted by molar-refractivity contribution is 7.89. The summed E-state index contributed by atoms with van der Waals surface area (Å²) in [6.07, 6.45) is 1.17. The lowest BCUT2D eigenvalue weighted by Crippen LogP contribution is -2.39. The van der Waals surface area contributed by atoms with E-state index < -0.39 is 20.9 Å². The van der Waals surface area contributed by atoms with E-state index in [1.165, 1.54) is 12.1 Å². The first kappa shape index (κ1) is 23.3. The highest BCUT2D eigenvalue weighted by Crippen LogP contribution is 2.29. The number of fused-ring (bicyclic) bond motifs is 2. The van der Waals surface area contributed by atoms with Gasteiger partial charge in [-0.1, -0.05) is 37.6 Å². The molecule has 0 N–H and O–H groups in total. The van der Waals surface area contributed by atoms with E-state index in [4.69, 9.17) is 0 Å². The number of nitro benzene ring substituents is 1. The molecular weight excluding hydrogens is 454 g/mol. The van der Waals surface area contributed by atoms with Gasteiger partial charge in [-0.3, -0.25) is 14.9 Å². The molecule has 0 spiro atoms. The molecule has 9 heteroatoms. The number of carbonyl (C=O) groups is 1. The number of nitrogens with zero attached hydrogens (tertiary/aromatic N) is 3. The van der Waals surface area contributed by atoms with Crippen LogP contribution >= 0.6 is 0 Å². The molecule has 0 aliphatic rings. The van der Waals surface area contributed by atoms with E-state index in [1.54, 1.807) is 0 Å². The molecule has 0 bridgehead atoms. The number of benzene rings is 3. The first-order chi connectivity index (χ1) is 16.3. The number of nitro groups is 1. The minimum atomic E-state index is -4.26. The number of aromatic nitrogens is 1. The van der Waals surface area contributed by atoms with Crippen LogP contribution in [0.5, 0.6) is 0 Å². The Morgan fingerprint density at radius 2 is 1.47 bits per heavy atom. The molecule has 0 aliphatic heterocycles. The van der Waals surface area contributed by atoms with Crippen LogP contribution in [0.3, 0.4) is 0 Å². The van der Waals surface area contributed by atoms with Crippen LogP contribution in [0.15, 0.2) is 77.7 Å². The number of unbranched alkanes of at least 4 members (excludes halogenated alkanes) is 1. The Bertz CT molecular complexity index is 1460. The van der Waals surface area contributed by atoms with Crippen molar-refractivity contribution in [3.63, 3.8) is 0 Å². The average Bonchev–Trinajstić information content (AvgIpc) is 2.84. The number of amides is 1. The van der Waals surface area contributed by atoms with E-state index in [0.29, 0.717) is 29.2 Å². The van der Waals surface area contributed by atoms with Crippen molar-refractivity contribution < 1.29 is 22.7 Å². The molecular formula is C25H24N3O5S+. The lowest BCUT2D eigenvalue weighted by molar-refractivity contribution is -0.617. The minimum Gasteiger partial charge on any atom is -0.268 e. The molecule has 34 heavy (non-hydrogen) atoms. The van der Waals surface area contributed by atoms with Crippen LogP contribution in [0, 0.1) is 10.1 Å². The molecule has 1 aromatic heterocycles. The predicted octanol–water partition coefficient (Wildman–Crippen LogP) is 4.36. The quantitative estimate of drug-likeness (QED) is 0.170. The van der Waals surface area contributed by atoms with Crippen molar-refractivity contribution in [2.75, 3.05) is 6.54 Å². The summed E-state index contributed by atoms with van der Waals surface area (Å²) in [7, 11) is -2.35. The SMILES string of the molecule is CCCCN(C(=O)c1c2ccccc2[n+](C)c2ccccc12)S(=O)(=O)c1ccc([N+](=O)[O-])cc1. The highest BCUT2D eigenvalue weighted by atomic mass is 32.2. The molecule has 4 rings (SSSR count). The minimum absolute atomic E-state index is 0.00166. The van der Waals surface area contributed by atoms with Gasteiger partial charge in [-0.2, -0.15) is 4.57 Å². The van der Waals surface area contributed by atoms with Gasteiger partial charge in [0.05, 0.1) is 26.2 Å². The molecule has 8 nitrogen and oxygen atoms in total. The molecule has 0 saturated carbocycles. The van der Waals surface area contributed by atoms with Crippen molar-refractivity contribution in [1.82, 2.24) is 4.31 Å². The lowest BCUT2D eigenvalue weighted by Gasteiger charge is -2.23. The van der Waals surface area contributed by atoms with E-state index in [9.17, 15) is 23.3 Å². The highest BCUT2D eigenvalue weighted by Gasteiger charge is 2.33. The van der Waals surface area contributed by atoms with Crippen LogP contribution < -0.4 is 4.57 Å². The standard InChI is InChI=1S/C25H24N3O5S/c1-3-4-17-27(34(32,33)19-15-13-18(14-16-19)28(30)31)25(29)24-20-9-5-7-11-22(20)26(2)23-12-8-6-10-21(23)24/h5-16H,3-4,17H2,1-2H3/q+1. The van der Waals surface area contributed by atoms with Crippen molar-refractivity contribution in [3.05, 3.63) is 88.5 Å². The fourth-order valence-corrected chi connectivity index (χ4v) is 5.50. The van der Waals surface area contributed by atoms with E-state index in [1.807, 2.05) is 67.1 Å². The smallest absolute Gasteiger partial charge is 0.268 e. The van der Waals surface area contributed by atoms with Gasteiger partial charge in [-0.25, -0.2) is 12.7 Å². The predicted molar refractivity (Wildman–Crippen MR) is 129 cm³/mol. The number of hydrogen-bond donors (Lipinski definition) is 0. The third-order valence-electron chi connectivity index (χ3n) is 5.86. The molecule has 4 aromatic rings. The maximum Gasteiger partial charge on any atom is 0.269 e. The van der Waals surface area contributed by atoms with Crippen molar-refractivity contribution >= 4 is 43.4 Å². The number of hydrogen-bond acceptors (Lipinski definition) is 5. The van der Waals surface area contributed by atoms with Crippen LogP contribution in [-0.4, -0.2) is 30.1 Å². The Balaban J connectivity index is 1.93. The molecule has 0 fully saturated rings. The number of rotatable bonds is 7. The van der Waals surface area contributed by atoms with Crippen LogP contribution in [0.2, 0.25) is 0 Å². The summed E-state index contributed by atoms with van der Waals surface area (Å²) in [5, 5.41) is 12.3. The van der Waals surface area contributed by atoms with Gasteiger partial charge in [0.15, 0.2) is 0 Å². The fourth-order valence-electron chi connectivity index (χ4n) is 4.08. The fraction of sp³-hybridized carbons (Fsp3) is 0.200. The Hall–Kier alpha value is -3.85. The summed E-state index contributed by atoms with van der Waals surface area (Å²) in [6, 6.07) is 19.4. The van der Waals surface area contributed by atoms with Crippen LogP contribution in [0.4, 0.5) is 5.69 Å². The number of pyridine rings is 1. The second-order valence-electron chi connectivity index (χ2n) is 7.96. The largest absolute Gasteiger partial charge is 0.269 e. The normalized spacial score (nSPS) is 11.6. The van der Waals surface area contributed by atoms with Gasteiger partial charge < -0.3 is 0 Å².